The molecule has 6 N–H and O–H groups in total. The number of benzene rings is 3. The van der Waals surface area contributed by atoms with Gasteiger partial charge in [-0.3, -0.25) is 35.5 Å². The van der Waals surface area contributed by atoms with Crippen molar-refractivity contribution >= 4 is 45.0 Å². The molecule has 0 unspecified atom stereocenters. The molecular weight excluding hydrogens is 834 g/mol. The van der Waals surface area contributed by atoms with Gasteiger partial charge in [-0.25, -0.2) is 4.39 Å². The van der Waals surface area contributed by atoms with Crippen molar-refractivity contribution < 1.29 is 33.4 Å². The molecule has 0 aromatic heterocycles. The van der Waals surface area contributed by atoms with Crippen LogP contribution in [0.25, 0.3) is 5.70 Å². The third kappa shape index (κ3) is 7.97. The SMILES string of the molecule is NC1=C(N2C[C@H]3CC[C@@H](C2)N3c2ccc(F)c(OC3CCN(C(=O)CN4CCC(c5cccc6c5OCCN6[C@]5([SiH3])CCC(=O)NC5=O)CC4)CC3)c2)C=C(c2ccccc2O)NN1. The number of allylic oxidation sites excluding steroid dienone is 1. The first-order valence-electron chi connectivity index (χ1n) is 22.9. The molecule has 0 spiro atoms. The first-order valence-corrected chi connectivity index (χ1v) is 23.9. The molecule has 64 heavy (non-hydrogen) atoms. The van der Waals surface area contributed by atoms with E-state index in [1.165, 1.54) is 6.07 Å². The van der Waals surface area contributed by atoms with Crippen molar-refractivity contribution in [1.82, 2.24) is 30.9 Å². The Balaban J connectivity index is 0.714. The number of carbonyl (C=O) groups excluding carboxylic acids is 3. The van der Waals surface area contributed by atoms with Crippen LogP contribution in [0.5, 0.6) is 17.2 Å². The van der Waals surface area contributed by atoms with Crippen LogP contribution in [0, 0.1) is 5.82 Å². The summed E-state index contributed by atoms with van der Waals surface area (Å²) >= 11 is 0. The number of imide groups is 1. The highest BCUT2D eigenvalue weighted by Gasteiger charge is 2.46. The monoisotopic (exact) mass is 891 g/mol. The maximum absolute atomic E-state index is 15.4. The second kappa shape index (κ2) is 17.2. The molecule has 338 valence electrons. The second-order valence-electron chi connectivity index (χ2n) is 18.5. The molecule has 3 aromatic carbocycles. The number of piperidine rings is 3. The molecule has 0 aliphatic carbocycles. The molecule has 3 aromatic rings. The molecular formula is C47H58FN9O6Si. The zero-order valence-corrected chi connectivity index (χ0v) is 38.4. The molecule has 15 nitrogen and oxygen atoms in total. The topological polar surface area (TPSA) is 168 Å². The highest BCUT2D eigenvalue weighted by atomic mass is 28.1. The number of carbonyl (C=O) groups is 3. The molecule has 5 fully saturated rings. The Kier molecular flexibility index (Phi) is 11.3. The third-order valence-corrected chi connectivity index (χ3v) is 16.1. The number of likely N-dealkylation sites (tertiary alicyclic amines) is 3. The number of nitrogens with one attached hydrogen (secondary N) is 3. The minimum Gasteiger partial charge on any atom is -0.507 e. The van der Waals surface area contributed by atoms with E-state index in [1.54, 1.807) is 12.1 Å². The average molecular weight is 892 g/mol. The number of hydrazine groups is 1. The van der Waals surface area contributed by atoms with Gasteiger partial charge in [0.2, 0.25) is 17.7 Å². The van der Waals surface area contributed by atoms with Crippen molar-refractivity contribution in [2.45, 2.75) is 80.6 Å². The fourth-order valence-electron chi connectivity index (χ4n) is 11.1. The predicted molar refractivity (Wildman–Crippen MR) is 244 cm³/mol. The summed E-state index contributed by atoms with van der Waals surface area (Å²) in [7, 11) is 0.587. The van der Waals surface area contributed by atoms with Gasteiger partial charge >= 0.3 is 0 Å². The number of hydrogen-bond acceptors (Lipinski definition) is 13. The molecule has 5 saturated heterocycles. The van der Waals surface area contributed by atoms with Crippen LogP contribution in [-0.2, 0) is 14.4 Å². The standard InChI is InChI=1S/C47H58FN9O6Si/c48-36-11-10-30(57-31-8-9-32(57)27-55(26-31)39-25-37(51-52-45(39)49)35-4-1-2-7-40(35)58)24-41(36)63-33-15-20-54(21-16-33)43(60)28-53-18-13-29(14-19-53)34-5-3-6-38-44(34)62-23-22-56(38)47(64)17-12-42(59)50-46(47)61/h1-7,10-11,24-25,29,31-33,51-52,58H,8-9,12-23,26-28,49H2,64H3,(H,50,59,61)/t31-,32+,47-/m0/s1. The average Bonchev–Trinajstić information content (AvgIpc) is 3.57. The molecule has 3 amide bonds. The lowest BCUT2D eigenvalue weighted by molar-refractivity contribution is -0.136. The Hall–Kier alpha value is -5.94. The van der Waals surface area contributed by atoms with Crippen LogP contribution in [0.2, 0.25) is 0 Å². The van der Waals surface area contributed by atoms with Crippen molar-refractivity contribution in [3.8, 4) is 17.2 Å². The van der Waals surface area contributed by atoms with E-state index in [9.17, 15) is 19.5 Å². The van der Waals surface area contributed by atoms with Gasteiger partial charge in [0.15, 0.2) is 11.6 Å². The smallest absolute Gasteiger partial charge is 0.247 e. The van der Waals surface area contributed by atoms with Gasteiger partial charge in [-0.15, -0.1) is 0 Å². The number of phenols is 1. The van der Waals surface area contributed by atoms with E-state index in [2.05, 4.69) is 41.8 Å². The van der Waals surface area contributed by atoms with E-state index in [-0.39, 0.29) is 59.1 Å². The fourth-order valence-corrected chi connectivity index (χ4v) is 11.9. The Labute approximate surface area is 375 Å². The molecule has 3 atom stereocenters. The van der Waals surface area contributed by atoms with Crippen LogP contribution in [-0.4, -0.2) is 130 Å². The van der Waals surface area contributed by atoms with Crippen LogP contribution in [0.3, 0.4) is 0 Å². The second-order valence-corrected chi connectivity index (χ2v) is 20.2. The highest BCUT2D eigenvalue weighted by Crippen LogP contribution is 2.45. The molecule has 7 aliphatic rings. The molecule has 17 heteroatoms. The Morgan fingerprint density at radius 3 is 2.45 bits per heavy atom. The number of anilines is 2. The highest BCUT2D eigenvalue weighted by molar-refractivity contribution is 6.33. The van der Waals surface area contributed by atoms with Crippen LogP contribution in [0.4, 0.5) is 15.8 Å². The van der Waals surface area contributed by atoms with Gasteiger partial charge in [0.25, 0.3) is 0 Å². The van der Waals surface area contributed by atoms with Crippen LogP contribution in [0.1, 0.15) is 68.4 Å². The summed E-state index contributed by atoms with van der Waals surface area (Å²) in [4.78, 5) is 49.7. The van der Waals surface area contributed by atoms with Gasteiger partial charge in [-0.2, -0.15) is 0 Å². The number of halogens is 1. The number of rotatable bonds is 9. The summed E-state index contributed by atoms with van der Waals surface area (Å²) in [5, 5.41) is 12.4. The third-order valence-electron chi connectivity index (χ3n) is 14.6. The summed E-state index contributed by atoms with van der Waals surface area (Å²) < 4.78 is 28.0. The number of hydrogen-bond donors (Lipinski definition) is 5. The number of piperazine rings is 1. The van der Waals surface area contributed by atoms with Gasteiger partial charge in [-0.1, -0.05) is 24.3 Å². The first-order chi connectivity index (χ1) is 31.0. The maximum atomic E-state index is 15.4. The van der Waals surface area contributed by atoms with E-state index in [1.807, 2.05) is 47.4 Å². The quantitative estimate of drug-likeness (QED) is 0.157. The van der Waals surface area contributed by atoms with E-state index < -0.39 is 5.16 Å². The lowest BCUT2D eigenvalue weighted by Gasteiger charge is -2.46. The van der Waals surface area contributed by atoms with Gasteiger partial charge in [0.05, 0.1) is 35.3 Å². The Morgan fingerprint density at radius 2 is 1.70 bits per heavy atom. The molecule has 2 bridgehead atoms. The van der Waals surface area contributed by atoms with Crippen molar-refractivity contribution in [2.24, 2.45) is 5.73 Å². The van der Waals surface area contributed by atoms with Crippen LogP contribution in [0.15, 0.2) is 78.3 Å². The maximum Gasteiger partial charge on any atom is 0.247 e. The van der Waals surface area contributed by atoms with E-state index >= 15 is 4.39 Å². The molecule has 7 heterocycles. The molecule has 0 saturated carbocycles. The van der Waals surface area contributed by atoms with Crippen molar-refractivity contribution in [3.63, 3.8) is 0 Å². The summed E-state index contributed by atoms with van der Waals surface area (Å²) in [6.45, 7) is 5.66. The summed E-state index contributed by atoms with van der Waals surface area (Å²) in [5.74, 6) is 1.40. The van der Waals surface area contributed by atoms with Crippen LogP contribution >= 0.6 is 0 Å². The zero-order chi connectivity index (χ0) is 44.1. The predicted octanol–water partition coefficient (Wildman–Crippen LogP) is 2.41. The largest absolute Gasteiger partial charge is 0.507 e. The number of aromatic hydroxyl groups is 1. The molecule has 7 aliphatic heterocycles. The number of nitrogens with two attached hydrogens (primary N) is 1. The number of para-hydroxylation sites is 2. The number of ether oxygens (including phenoxy) is 2. The minimum atomic E-state index is -0.686. The Morgan fingerprint density at radius 1 is 0.938 bits per heavy atom. The fraction of sp³-hybridized carbons (Fsp3) is 0.468. The summed E-state index contributed by atoms with van der Waals surface area (Å²) in [6, 6.07) is 19.0. The van der Waals surface area contributed by atoms with Crippen molar-refractivity contribution in [1.29, 1.82) is 0 Å². The van der Waals surface area contributed by atoms with Gasteiger partial charge in [-0.05, 0) is 93.1 Å². The van der Waals surface area contributed by atoms with Crippen molar-refractivity contribution in [3.05, 3.63) is 95.2 Å². The number of amides is 3. The van der Waals surface area contributed by atoms with Gasteiger partial charge < -0.3 is 39.9 Å². The number of fused-ring (bicyclic) bond motifs is 3. The van der Waals surface area contributed by atoms with E-state index in [4.69, 9.17) is 15.2 Å². The zero-order valence-electron chi connectivity index (χ0n) is 36.4. The van der Waals surface area contributed by atoms with Crippen molar-refractivity contribution in [2.75, 3.05) is 68.8 Å². The lowest BCUT2D eigenvalue weighted by Crippen LogP contribution is -2.65. The van der Waals surface area contributed by atoms with E-state index in [0.29, 0.717) is 80.1 Å². The summed E-state index contributed by atoms with van der Waals surface area (Å²) in [5.41, 5.74) is 18.0. The van der Waals surface area contributed by atoms with Crippen LogP contribution < -0.4 is 41.2 Å². The Bertz CT molecular complexity index is 2370. The van der Waals surface area contributed by atoms with Gasteiger partial charge in [0, 0.05) is 85.1 Å². The summed E-state index contributed by atoms with van der Waals surface area (Å²) in [6.07, 6.45) is 7.72. The minimum absolute atomic E-state index is 0.111. The lowest BCUT2D eigenvalue weighted by atomic mass is 9.87. The van der Waals surface area contributed by atoms with E-state index in [0.717, 1.165) is 85.9 Å². The molecule has 10 rings (SSSR count). The number of nitrogens with zero attached hydrogens (tertiary/aromatic N) is 5. The van der Waals surface area contributed by atoms with Gasteiger partial charge in [0.1, 0.15) is 30.0 Å². The normalized spacial score (nSPS) is 25.6. The number of phenolic OH excluding ortho intramolecular Hbond substituents is 1. The molecule has 0 radical (unpaired) electrons. The first kappa shape index (κ1) is 42.0.